The molecule has 1 aliphatic rings. The first-order valence-corrected chi connectivity index (χ1v) is 9.37. The third-order valence-corrected chi connectivity index (χ3v) is 4.85. The van der Waals surface area contributed by atoms with Gasteiger partial charge in [0.15, 0.2) is 11.5 Å². The fourth-order valence-electron chi connectivity index (χ4n) is 3.37. The van der Waals surface area contributed by atoms with Crippen LogP contribution in [-0.2, 0) is 19.1 Å². The molecule has 3 rings (SSSR count). The highest BCUT2D eigenvalue weighted by Crippen LogP contribution is 2.40. The summed E-state index contributed by atoms with van der Waals surface area (Å²) in [5, 5.41) is 0. The first-order valence-electron chi connectivity index (χ1n) is 9.37. The molecule has 0 bridgehead atoms. The summed E-state index contributed by atoms with van der Waals surface area (Å²) in [6.07, 6.45) is 0. The fourth-order valence-corrected chi connectivity index (χ4v) is 3.37. The van der Waals surface area contributed by atoms with Crippen molar-refractivity contribution in [2.24, 2.45) is 0 Å². The minimum Gasteiger partial charge on any atom is -0.469 e. The van der Waals surface area contributed by atoms with E-state index in [9.17, 15) is 9.59 Å². The maximum Gasteiger partial charge on any atom is 0.314 e. The Hall–Kier alpha value is -3.22. The average Bonchev–Trinajstić information content (AvgIpc) is 3.19. The Balaban J connectivity index is 2.08. The Labute approximate surface area is 170 Å². The molecule has 154 valence electrons. The van der Waals surface area contributed by atoms with Crippen LogP contribution in [0.1, 0.15) is 29.9 Å². The van der Waals surface area contributed by atoms with Gasteiger partial charge in [-0.1, -0.05) is 18.2 Å². The van der Waals surface area contributed by atoms with Gasteiger partial charge in [-0.15, -0.1) is 0 Å². The summed E-state index contributed by atoms with van der Waals surface area (Å²) in [5.41, 5.74) is 2.24. The number of fused-ring (bicyclic) bond motifs is 1. The smallest absolute Gasteiger partial charge is 0.314 e. The molecule has 7 nitrogen and oxygen atoms in total. The van der Waals surface area contributed by atoms with Crippen LogP contribution in [0.2, 0.25) is 0 Å². The van der Waals surface area contributed by atoms with Crippen LogP contribution in [0.5, 0.6) is 11.5 Å². The van der Waals surface area contributed by atoms with Crippen molar-refractivity contribution in [3.8, 4) is 11.5 Å². The Kier molecular flexibility index (Phi) is 6.26. The first-order chi connectivity index (χ1) is 14.0. The molecule has 0 radical (unpaired) electrons. The number of nitrogens with zero attached hydrogens (tertiary/aromatic N) is 1. The Morgan fingerprint density at radius 1 is 0.966 bits per heavy atom. The number of carbonyl (C=O) groups is 2. The zero-order chi connectivity index (χ0) is 21.0. The molecule has 2 aromatic carbocycles. The molecule has 0 aromatic heterocycles. The van der Waals surface area contributed by atoms with Crippen LogP contribution >= 0.6 is 0 Å². The van der Waals surface area contributed by atoms with Gasteiger partial charge in [0.2, 0.25) is 6.79 Å². The van der Waals surface area contributed by atoms with Gasteiger partial charge in [0, 0.05) is 19.8 Å². The highest BCUT2D eigenvalue weighted by atomic mass is 16.7. The van der Waals surface area contributed by atoms with E-state index in [4.69, 9.17) is 18.9 Å². The Bertz CT molecular complexity index is 877. The lowest BCUT2D eigenvalue weighted by Gasteiger charge is -2.25. The van der Waals surface area contributed by atoms with Crippen LogP contribution in [0.3, 0.4) is 0 Å². The summed E-state index contributed by atoms with van der Waals surface area (Å²) < 4.78 is 21.2. The molecule has 0 amide bonds. The highest BCUT2D eigenvalue weighted by molar-refractivity contribution is 5.90. The third kappa shape index (κ3) is 4.29. The number of hydrogen-bond acceptors (Lipinski definition) is 7. The first kappa shape index (κ1) is 20.5. The minimum absolute atomic E-state index is 0.120. The van der Waals surface area contributed by atoms with Gasteiger partial charge < -0.3 is 23.8 Å². The predicted octanol–water partition coefficient (Wildman–Crippen LogP) is 3.08. The zero-order valence-corrected chi connectivity index (χ0v) is 17.0. The largest absolute Gasteiger partial charge is 0.469 e. The molecule has 0 aliphatic carbocycles. The minimum atomic E-state index is -0.887. The highest BCUT2D eigenvalue weighted by Gasteiger charge is 2.39. The summed E-state index contributed by atoms with van der Waals surface area (Å²) in [7, 11) is 5.17. The van der Waals surface area contributed by atoms with Crippen LogP contribution < -0.4 is 14.4 Å². The lowest BCUT2D eigenvalue weighted by Crippen LogP contribution is -2.29. The number of rotatable bonds is 7. The molecule has 0 fully saturated rings. The van der Waals surface area contributed by atoms with Gasteiger partial charge in [-0.3, -0.25) is 9.59 Å². The molecule has 7 heteroatoms. The van der Waals surface area contributed by atoms with E-state index in [1.807, 2.05) is 43.3 Å². The molecule has 29 heavy (non-hydrogen) atoms. The number of esters is 2. The normalized spacial score (nSPS) is 14.1. The van der Waals surface area contributed by atoms with Crippen molar-refractivity contribution >= 4 is 17.6 Å². The van der Waals surface area contributed by atoms with Crippen molar-refractivity contribution in [1.82, 2.24) is 0 Å². The molecule has 0 saturated heterocycles. The number of ether oxygens (including phenoxy) is 4. The molecule has 2 unspecified atom stereocenters. The van der Waals surface area contributed by atoms with E-state index < -0.39 is 23.8 Å². The van der Waals surface area contributed by atoms with Crippen molar-refractivity contribution in [3.05, 3.63) is 53.6 Å². The van der Waals surface area contributed by atoms with Crippen LogP contribution in [0.4, 0.5) is 5.69 Å². The molecule has 1 heterocycles. The zero-order valence-electron chi connectivity index (χ0n) is 17.0. The van der Waals surface area contributed by atoms with E-state index in [2.05, 4.69) is 0 Å². The van der Waals surface area contributed by atoms with Gasteiger partial charge in [-0.2, -0.15) is 0 Å². The van der Waals surface area contributed by atoms with E-state index in [1.54, 1.807) is 25.1 Å². The van der Waals surface area contributed by atoms with Crippen LogP contribution in [0.15, 0.2) is 42.5 Å². The Morgan fingerprint density at radius 2 is 1.59 bits per heavy atom. The summed E-state index contributed by atoms with van der Waals surface area (Å²) in [5.74, 6) is -1.64. The van der Waals surface area contributed by atoms with Gasteiger partial charge in [0.25, 0.3) is 0 Å². The summed E-state index contributed by atoms with van der Waals surface area (Å²) in [6, 6.07) is 12.6. The van der Waals surface area contributed by atoms with Gasteiger partial charge in [0.1, 0.15) is 0 Å². The molecule has 0 saturated carbocycles. The number of methoxy groups -OCH3 is 1. The topological polar surface area (TPSA) is 74.3 Å². The summed E-state index contributed by atoms with van der Waals surface area (Å²) in [4.78, 5) is 27.7. The summed E-state index contributed by atoms with van der Waals surface area (Å²) in [6.45, 7) is 2.05. The van der Waals surface area contributed by atoms with E-state index in [0.717, 1.165) is 5.69 Å². The van der Waals surface area contributed by atoms with Gasteiger partial charge >= 0.3 is 11.9 Å². The predicted molar refractivity (Wildman–Crippen MR) is 107 cm³/mol. The van der Waals surface area contributed by atoms with Gasteiger partial charge in [-0.25, -0.2) is 0 Å². The molecule has 1 aliphatic heterocycles. The fraction of sp³-hybridized carbons (Fsp3) is 0.364. The number of benzene rings is 2. The lowest BCUT2D eigenvalue weighted by atomic mass is 9.81. The van der Waals surface area contributed by atoms with Gasteiger partial charge in [0.05, 0.1) is 25.6 Å². The van der Waals surface area contributed by atoms with Crippen molar-refractivity contribution in [2.75, 3.05) is 39.5 Å². The molecule has 2 atom stereocenters. The summed E-state index contributed by atoms with van der Waals surface area (Å²) >= 11 is 0. The average molecular weight is 399 g/mol. The van der Waals surface area contributed by atoms with E-state index in [-0.39, 0.29) is 13.4 Å². The second-order valence-electron chi connectivity index (χ2n) is 6.83. The lowest BCUT2D eigenvalue weighted by molar-refractivity contribution is -0.152. The standard InChI is InChI=1S/C22H25NO6/c1-5-27-22(25)20(15-8-11-17-18(12-15)29-13-28-17)19(21(24)26-4)14-6-9-16(10-7-14)23(2)3/h6-12,19-20H,5,13H2,1-4H3. The van der Waals surface area contributed by atoms with Crippen molar-refractivity contribution in [3.63, 3.8) is 0 Å². The molecular weight excluding hydrogens is 374 g/mol. The monoisotopic (exact) mass is 399 g/mol. The molecular formula is C22H25NO6. The van der Waals surface area contributed by atoms with Crippen LogP contribution in [0.25, 0.3) is 0 Å². The SMILES string of the molecule is CCOC(=O)C(c1ccc2c(c1)OCO2)C(C(=O)OC)c1ccc(N(C)C)cc1. The number of carbonyl (C=O) groups excluding carboxylic acids is 2. The third-order valence-electron chi connectivity index (χ3n) is 4.85. The maximum atomic E-state index is 12.9. The molecule has 0 N–H and O–H groups in total. The van der Waals surface area contributed by atoms with Gasteiger partial charge in [-0.05, 0) is 42.3 Å². The second kappa shape index (κ2) is 8.86. The van der Waals surface area contributed by atoms with E-state index in [0.29, 0.717) is 22.6 Å². The van der Waals surface area contributed by atoms with Crippen molar-refractivity contribution < 1.29 is 28.5 Å². The van der Waals surface area contributed by atoms with E-state index >= 15 is 0 Å². The molecule has 0 spiro atoms. The maximum absolute atomic E-state index is 12.9. The van der Waals surface area contributed by atoms with E-state index in [1.165, 1.54) is 7.11 Å². The van der Waals surface area contributed by atoms with Crippen molar-refractivity contribution in [1.29, 1.82) is 0 Å². The number of hydrogen-bond donors (Lipinski definition) is 0. The second-order valence-corrected chi connectivity index (χ2v) is 6.83. The van der Waals surface area contributed by atoms with Crippen LogP contribution in [-0.4, -0.2) is 46.5 Å². The van der Waals surface area contributed by atoms with Crippen molar-refractivity contribution in [2.45, 2.75) is 18.8 Å². The molecule has 2 aromatic rings. The van der Waals surface area contributed by atoms with Crippen LogP contribution in [0, 0.1) is 0 Å². The Morgan fingerprint density at radius 3 is 2.21 bits per heavy atom. The quantitative estimate of drug-likeness (QED) is 0.663. The number of anilines is 1.